The van der Waals surface area contributed by atoms with Crippen molar-refractivity contribution in [2.24, 2.45) is 17.8 Å². The van der Waals surface area contributed by atoms with Gasteiger partial charge in [-0.3, -0.25) is 0 Å². The molecule has 3 rings (SSSR count). The summed E-state index contributed by atoms with van der Waals surface area (Å²) >= 11 is 0. The Morgan fingerprint density at radius 2 is 1.46 bits per heavy atom. The molecule has 0 saturated heterocycles. The molecule has 1 nitrogen and oxygen atoms in total. The van der Waals surface area contributed by atoms with Crippen molar-refractivity contribution in [3.05, 3.63) is 23.8 Å². The van der Waals surface area contributed by atoms with Crippen molar-refractivity contribution in [3.8, 4) is 0 Å². The highest BCUT2D eigenvalue weighted by Crippen LogP contribution is 2.29. The van der Waals surface area contributed by atoms with Crippen molar-refractivity contribution in [2.75, 3.05) is 0 Å². The summed E-state index contributed by atoms with van der Waals surface area (Å²) in [5.41, 5.74) is 1.56. The molecule has 0 amide bonds. The van der Waals surface area contributed by atoms with Crippen LogP contribution in [0.2, 0.25) is 0 Å². The SMILES string of the molecule is CC.CC1CCC(C)CC1.CCC1=CC=CC1.CCC1CC(O)C1. The molecule has 0 aromatic heterocycles. The van der Waals surface area contributed by atoms with Crippen LogP contribution in [0.3, 0.4) is 0 Å². The number of aliphatic hydroxyl groups is 1. The van der Waals surface area contributed by atoms with E-state index in [4.69, 9.17) is 5.11 Å². The fourth-order valence-electron chi connectivity index (χ4n) is 3.21. The lowest BCUT2D eigenvalue weighted by Crippen LogP contribution is -2.27. The Morgan fingerprint density at radius 3 is 1.67 bits per heavy atom. The van der Waals surface area contributed by atoms with Crippen LogP contribution < -0.4 is 0 Å². The van der Waals surface area contributed by atoms with Gasteiger partial charge in [0, 0.05) is 0 Å². The van der Waals surface area contributed by atoms with Crippen LogP contribution in [0.15, 0.2) is 23.8 Å². The number of allylic oxidation sites excluding steroid dienone is 4. The molecule has 0 bridgehead atoms. The van der Waals surface area contributed by atoms with Crippen LogP contribution >= 0.6 is 0 Å². The highest BCUT2D eigenvalue weighted by molar-refractivity contribution is 5.22. The molecule has 1 N–H and O–H groups in total. The third-order valence-corrected chi connectivity index (χ3v) is 5.39. The lowest BCUT2D eigenvalue weighted by Gasteiger charge is -2.29. The lowest BCUT2D eigenvalue weighted by atomic mass is 9.81. The first-order chi connectivity index (χ1) is 11.5. The van der Waals surface area contributed by atoms with Gasteiger partial charge in [-0.25, -0.2) is 0 Å². The summed E-state index contributed by atoms with van der Waals surface area (Å²) in [7, 11) is 0. The van der Waals surface area contributed by atoms with E-state index >= 15 is 0 Å². The minimum atomic E-state index is 0.0462. The summed E-state index contributed by atoms with van der Waals surface area (Å²) in [6.07, 6.45) is 18.2. The predicted octanol–water partition coefficient (Wildman–Crippen LogP) is 7.31. The quantitative estimate of drug-likeness (QED) is 0.560. The molecule has 142 valence electrons. The van der Waals surface area contributed by atoms with Gasteiger partial charge < -0.3 is 5.11 Å². The molecular weight excluding hydrogens is 292 g/mol. The molecule has 3 aliphatic carbocycles. The normalized spacial score (nSPS) is 30.4. The van der Waals surface area contributed by atoms with Crippen molar-refractivity contribution in [3.63, 3.8) is 0 Å². The van der Waals surface area contributed by atoms with E-state index in [1.165, 1.54) is 44.9 Å². The second kappa shape index (κ2) is 14.8. The summed E-state index contributed by atoms with van der Waals surface area (Å²) < 4.78 is 0. The summed E-state index contributed by atoms with van der Waals surface area (Å²) in [5.74, 6) is 2.88. The van der Waals surface area contributed by atoms with Gasteiger partial charge in [0.25, 0.3) is 0 Å². The molecule has 0 aromatic carbocycles. The maximum atomic E-state index is 8.75. The molecule has 2 saturated carbocycles. The average Bonchev–Trinajstić information content (AvgIpc) is 3.11. The van der Waals surface area contributed by atoms with Gasteiger partial charge >= 0.3 is 0 Å². The third-order valence-electron chi connectivity index (χ3n) is 5.39. The summed E-state index contributed by atoms with van der Waals surface area (Å²) in [6, 6.07) is 0. The molecule has 1 heteroatoms. The van der Waals surface area contributed by atoms with E-state index in [0.29, 0.717) is 0 Å². The van der Waals surface area contributed by atoms with Crippen LogP contribution in [0.4, 0.5) is 0 Å². The van der Waals surface area contributed by atoms with Crippen molar-refractivity contribution in [2.45, 2.75) is 105 Å². The van der Waals surface area contributed by atoms with E-state index in [0.717, 1.165) is 30.6 Å². The van der Waals surface area contributed by atoms with Crippen molar-refractivity contribution in [1.29, 1.82) is 0 Å². The fourth-order valence-corrected chi connectivity index (χ4v) is 3.21. The van der Waals surface area contributed by atoms with Gasteiger partial charge in [0.05, 0.1) is 6.10 Å². The van der Waals surface area contributed by atoms with Crippen LogP contribution in [-0.4, -0.2) is 11.2 Å². The van der Waals surface area contributed by atoms with Gasteiger partial charge in [0.1, 0.15) is 0 Å². The third kappa shape index (κ3) is 11.1. The average molecular weight is 337 g/mol. The van der Waals surface area contributed by atoms with Crippen LogP contribution in [0.25, 0.3) is 0 Å². The topological polar surface area (TPSA) is 20.2 Å². The van der Waals surface area contributed by atoms with Gasteiger partial charge in [0.2, 0.25) is 0 Å². The maximum absolute atomic E-state index is 8.75. The first-order valence-corrected chi connectivity index (χ1v) is 10.6. The zero-order chi connectivity index (χ0) is 18.4. The standard InChI is InChI=1S/C8H16.C7H10.C6H12O.C2H6/c1-7-3-5-8(2)6-4-7;1-2-7-5-3-4-6-7;1-2-5-3-6(7)4-5;1-2/h7-8H,3-6H2,1-2H3;3-5H,2,6H2,1H3;5-7H,2-4H2,1H3;1-2H3. The van der Waals surface area contributed by atoms with E-state index in [9.17, 15) is 0 Å². The van der Waals surface area contributed by atoms with Gasteiger partial charge in [-0.1, -0.05) is 97.4 Å². The maximum Gasteiger partial charge on any atom is 0.0545 e. The highest BCUT2D eigenvalue weighted by atomic mass is 16.3. The predicted molar refractivity (Wildman–Crippen MR) is 109 cm³/mol. The van der Waals surface area contributed by atoms with Crippen molar-refractivity contribution < 1.29 is 5.11 Å². The molecule has 24 heavy (non-hydrogen) atoms. The monoisotopic (exact) mass is 336 g/mol. The van der Waals surface area contributed by atoms with Gasteiger partial charge in [-0.05, 0) is 43.4 Å². The molecule has 3 aliphatic rings. The zero-order valence-electron chi connectivity index (χ0n) is 17.4. The molecule has 0 atom stereocenters. The largest absolute Gasteiger partial charge is 0.393 e. The van der Waals surface area contributed by atoms with Gasteiger partial charge in [-0.15, -0.1) is 0 Å². The van der Waals surface area contributed by atoms with Crippen molar-refractivity contribution >= 4 is 0 Å². The Hall–Kier alpha value is -0.560. The van der Waals surface area contributed by atoms with Crippen LogP contribution in [0.5, 0.6) is 0 Å². The minimum absolute atomic E-state index is 0.0462. The number of hydrogen-bond acceptors (Lipinski definition) is 1. The summed E-state index contributed by atoms with van der Waals surface area (Å²) in [5, 5.41) is 8.75. The molecule has 0 heterocycles. The number of hydrogen-bond donors (Lipinski definition) is 1. The molecule has 0 unspecified atom stereocenters. The Labute approximate surface area is 152 Å². The summed E-state index contributed by atoms with van der Waals surface area (Å²) in [6.45, 7) is 13.1. The van der Waals surface area contributed by atoms with E-state index in [1.54, 1.807) is 5.57 Å². The lowest BCUT2D eigenvalue weighted by molar-refractivity contribution is 0.0414. The van der Waals surface area contributed by atoms with E-state index in [2.05, 4.69) is 45.9 Å². The smallest absolute Gasteiger partial charge is 0.0545 e. The zero-order valence-corrected chi connectivity index (χ0v) is 17.4. The van der Waals surface area contributed by atoms with Crippen LogP contribution in [0, 0.1) is 17.8 Å². The van der Waals surface area contributed by atoms with Crippen molar-refractivity contribution in [1.82, 2.24) is 0 Å². The highest BCUT2D eigenvalue weighted by Gasteiger charge is 2.24. The second-order valence-corrected chi connectivity index (χ2v) is 7.58. The number of rotatable bonds is 2. The van der Waals surface area contributed by atoms with Crippen LogP contribution in [0.1, 0.15) is 99.3 Å². The molecule has 2 fully saturated rings. The Bertz CT molecular complexity index is 318. The second-order valence-electron chi connectivity index (χ2n) is 7.58. The molecule has 0 spiro atoms. The first-order valence-electron chi connectivity index (χ1n) is 10.6. The Balaban J connectivity index is 0.000000315. The fraction of sp³-hybridized carbons (Fsp3) is 0.826. The molecular formula is C23H44O. The molecule has 0 aromatic rings. The number of aliphatic hydroxyl groups excluding tert-OH is 1. The Kier molecular flexibility index (Phi) is 14.4. The van der Waals surface area contributed by atoms with E-state index in [-0.39, 0.29) is 6.10 Å². The minimum Gasteiger partial charge on any atom is -0.393 e. The Morgan fingerprint density at radius 1 is 0.958 bits per heavy atom. The molecule has 0 radical (unpaired) electrons. The van der Waals surface area contributed by atoms with Crippen LogP contribution in [-0.2, 0) is 0 Å². The van der Waals surface area contributed by atoms with E-state index in [1.807, 2.05) is 13.8 Å². The van der Waals surface area contributed by atoms with E-state index < -0.39 is 0 Å². The first kappa shape index (κ1) is 23.4. The van der Waals surface area contributed by atoms with Gasteiger partial charge in [0.15, 0.2) is 0 Å². The van der Waals surface area contributed by atoms with Gasteiger partial charge in [-0.2, -0.15) is 0 Å². The summed E-state index contributed by atoms with van der Waals surface area (Å²) in [4.78, 5) is 0. The molecule has 0 aliphatic heterocycles.